The Morgan fingerprint density at radius 2 is 1.60 bits per heavy atom. The van der Waals surface area contributed by atoms with Gasteiger partial charge >= 0.3 is 0 Å². The molecule has 60 heavy (non-hydrogen) atoms. The van der Waals surface area contributed by atoms with Crippen LogP contribution in [0.25, 0.3) is 16.7 Å². The molecule has 3 aromatic carbocycles. The van der Waals surface area contributed by atoms with Crippen LogP contribution in [0.15, 0.2) is 150 Å². The lowest BCUT2D eigenvalue weighted by Crippen LogP contribution is -2.38. The molecule has 1 fully saturated rings. The maximum Gasteiger partial charge on any atom is 0.0696 e. The van der Waals surface area contributed by atoms with E-state index < -0.39 is 0 Å². The zero-order valence-corrected chi connectivity index (χ0v) is 35.8. The summed E-state index contributed by atoms with van der Waals surface area (Å²) in [5.74, 6) is 3.83. The number of allylic oxidation sites excluding steroid dienone is 12. The summed E-state index contributed by atoms with van der Waals surface area (Å²) in [4.78, 5) is 2.84. The predicted octanol–water partition coefficient (Wildman–Crippen LogP) is 14.2. The van der Waals surface area contributed by atoms with E-state index in [2.05, 4.69) is 158 Å². The predicted molar refractivity (Wildman–Crippen MR) is 251 cm³/mol. The van der Waals surface area contributed by atoms with Crippen LogP contribution < -0.4 is 10.2 Å². The van der Waals surface area contributed by atoms with Crippen LogP contribution in [0.2, 0.25) is 0 Å². The maximum absolute atomic E-state index is 3.66. The zero-order chi connectivity index (χ0) is 40.0. The molecule has 2 heteroatoms. The van der Waals surface area contributed by atoms with Crippen molar-refractivity contribution in [3.05, 3.63) is 178 Å². The van der Waals surface area contributed by atoms with Crippen molar-refractivity contribution in [2.45, 2.75) is 120 Å². The quantitative estimate of drug-likeness (QED) is 0.259. The Kier molecular flexibility index (Phi) is 9.05. The fourth-order valence-corrected chi connectivity index (χ4v) is 14.0. The molecule has 0 amide bonds. The first kappa shape index (κ1) is 37.0. The summed E-state index contributed by atoms with van der Waals surface area (Å²) in [6.45, 7) is 4.80. The van der Waals surface area contributed by atoms with E-state index in [0.717, 1.165) is 5.92 Å². The summed E-state index contributed by atoms with van der Waals surface area (Å²) >= 11 is 0. The zero-order valence-electron chi connectivity index (χ0n) is 35.8. The number of dihydropyridines is 1. The Hall–Kier alpha value is -4.82. The molecule has 0 aromatic heterocycles. The van der Waals surface area contributed by atoms with Gasteiger partial charge in [0.2, 0.25) is 0 Å². The van der Waals surface area contributed by atoms with Crippen molar-refractivity contribution in [3.63, 3.8) is 0 Å². The molecule has 2 heterocycles. The normalized spacial score (nSPS) is 32.9. The number of nitrogens with one attached hydrogen (secondary N) is 1. The van der Waals surface area contributed by atoms with Crippen LogP contribution >= 0.6 is 0 Å². The second-order valence-electron chi connectivity index (χ2n) is 20.4. The van der Waals surface area contributed by atoms with Gasteiger partial charge in [-0.3, -0.25) is 0 Å². The van der Waals surface area contributed by atoms with Gasteiger partial charge in [-0.15, -0.1) is 0 Å². The third-order valence-electron chi connectivity index (χ3n) is 16.9. The first-order chi connectivity index (χ1) is 29.5. The van der Waals surface area contributed by atoms with Crippen molar-refractivity contribution in [1.29, 1.82) is 0 Å². The molecular formula is C58H62N2. The largest absolute Gasteiger partial charge is 0.381 e. The highest BCUT2D eigenvalue weighted by Crippen LogP contribution is 2.56. The Morgan fingerprint density at radius 1 is 0.700 bits per heavy atom. The topological polar surface area (TPSA) is 15.3 Å². The molecule has 12 rings (SSSR count). The first-order valence-corrected chi connectivity index (χ1v) is 23.9. The van der Waals surface area contributed by atoms with E-state index in [1.165, 1.54) is 116 Å². The lowest BCUT2D eigenvalue weighted by atomic mass is 9.62. The highest BCUT2D eigenvalue weighted by Gasteiger charge is 2.50. The Morgan fingerprint density at radius 3 is 2.50 bits per heavy atom. The van der Waals surface area contributed by atoms with Crippen molar-refractivity contribution in [1.82, 2.24) is 5.32 Å². The third kappa shape index (κ3) is 6.01. The second kappa shape index (κ2) is 14.7. The van der Waals surface area contributed by atoms with E-state index >= 15 is 0 Å². The van der Waals surface area contributed by atoms with Crippen LogP contribution in [-0.4, -0.2) is 12.1 Å². The van der Waals surface area contributed by atoms with Gasteiger partial charge < -0.3 is 10.2 Å². The number of benzene rings is 3. The summed E-state index contributed by atoms with van der Waals surface area (Å²) in [5, 5.41) is 3.66. The molecule has 1 N–H and O–H groups in total. The summed E-state index contributed by atoms with van der Waals surface area (Å²) < 4.78 is 0. The van der Waals surface area contributed by atoms with Gasteiger partial charge in [-0.2, -0.15) is 0 Å². The smallest absolute Gasteiger partial charge is 0.0696 e. The Labute approximate surface area is 359 Å². The maximum atomic E-state index is 3.66. The summed E-state index contributed by atoms with van der Waals surface area (Å²) in [6, 6.07) is 25.5. The molecule has 1 saturated heterocycles. The molecule has 3 aromatic rings. The standard InChI is InChI=1S/C58H62N2/c1-58(2)53-20-10-8-18-47(53)51-36-44(26-27-54(51)58)60-56-22-11-9-19-48(56)52-34-39(25-28-57(52)60)38-23-24-40-35-50(46-17-7-6-16-45(46)49(40)33-38)42-30-41(37-14-4-3-5-15-37)31-43(32-42)55-21-12-13-29-59-55/h6,8,10-14,16,18,20-22,25-33,36,38-40,48,50,52,55-57,59H,3-5,7,9,15,17,19,23-24,34-35H2,1-2H3. The molecule has 9 atom stereocenters. The van der Waals surface area contributed by atoms with Gasteiger partial charge in [-0.25, -0.2) is 0 Å². The lowest BCUT2D eigenvalue weighted by molar-refractivity contribution is 0.243. The van der Waals surface area contributed by atoms with Gasteiger partial charge in [0.05, 0.1) is 18.1 Å². The number of nitrogens with zero attached hydrogens (tertiary/aromatic N) is 1. The van der Waals surface area contributed by atoms with Crippen LogP contribution in [-0.2, 0) is 5.41 Å². The molecule has 304 valence electrons. The first-order valence-electron chi connectivity index (χ1n) is 23.9. The molecule has 2 aliphatic heterocycles. The van der Waals surface area contributed by atoms with Gasteiger partial charge in [0.15, 0.2) is 0 Å². The highest BCUT2D eigenvalue weighted by atomic mass is 15.2. The van der Waals surface area contributed by atoms with Gasteiger partial charge in [-0.1, -0.05) is 123 Å². The number of fused-ring (bicyclic) bond motifs is 8. The fraction of sp³-hybridized carbons (Fsp3) is 0.414. The number of hydrogen-bond acceptors (Lipinski definition) is 2. The molecular weight excluding hydrogens is 725 g/mol. The van der Waals surface area contributed by atoms with Crippen molar-refractivity contribution >= 4 is 11.3 Å². The molecule has 0 radical (unpaired) electrons. The fourth-order valence-electron chi connectivity index (χ4n) is 14.0. The van der Waals surface area contributed by atoms with Crippen molar-refractivity contribution in [3.8, 4) is 11.1 Å². The minimum absolute atomic E-state index is 0.0451. The minimum atomic E-state index is 0.0451. The minimum Gasteiger partial charge on any atom is -0.381 e. The van der Waals surface area contributed by atoms with Gasteiger partial charge in [0.25, 0.3) is 0 Å². The van der Waals surface area contributed by atoms with E-state index in [4.69, 9.17) is 0 Å². The molecule has 9 aliphatic rings. The monoisotopic (exact) mass is 786 g/mol. The van der Waals surface area contributed by atoms with E-state index in [1.54, 1.807) is 27.9 Å². The summed E-state index contributed by atoms with van der Waals surface area (Å²) in [6.07, 6.45) is 44.8. The third-order valence-corrected chi connectivity index (χ3v) is 16.9. The van der Waals surface area contributed by atoms with Crippen LogP contribution in [0.3, 0.4) is 0 Å². The summed E-state index contributed by atoms with van der Waals surface area (Å²) in [5.41, 5.74) is 18.3. The number of hydrogen-bond donors (Lipinski definition) is 1. The average Bonchev–Trinajstić information content (AvgIpc) is 3.76. The van der Waals surface area contributed by atoms with E-state index in [1.807, 2.05) is 0 Å². The molecule has 2 nitrogen and oxygen atoms in total. The Balaban J connectivity index is 0.859. The van der Waals surface area contributed by atoms with E-state index in [9.17, 15) is 0 Å². The Bertz CT molecular complexity index is 2480. The number of rotatable bonds is 5. The van der Waals surface area contributed by atoms with Crippen LogP contribution in [0.1, 0.15) is 131 Å². The van der Waals surface area contributed by atoms with Crippen LogP contribution in [0.4, 0.5) is 5.69 Å². The number of anilines is 1. The van der Waals surface area contributed by atoms with Crippen LogP contribution in [0, 0.1) is 29.6 Å². The molecule has 7 aliphatic carbocycles. The van der Waals surface area contributed by atoms with Crippen molar-refractivity contribution < 1.29 is 0 Å². The van der Waals surface area contributed by atoms with Gasteiger partial charge in [0, 0.05) is 17.0 Å². The molecule has 0 spiro atoms. The van der Waals surface area contributed by atoms with E-state index in [-0.39, 0.29) is 11.5 Å². The molecule has 9 unspecified atom stereocenters. The van der Waals surface area contributed by atoms with Gasteiger partial charge in [0.1, 0.15) is 0 Å². The lowest BCUT2D eigenvalue weighted by Gasteiger charge is -2.43. The van der Waals surface area contributed by atoms with Crippen molar-refractivity contribution in [2.24, 2.45) is 29.6 Å². The summed E-state index contributed by atoms with van der Waals surface area (Å²) in [7, 11) is 0. The van der Waals surface area contributed by atoms with Crippen molar-refractivity contribution in [2.75, 3.05) is 4.90 Å². The van der Waals surface area contributed by atoms with Crippen LogP contribution in [0.5, 0.6) is 0 Å². The average molecular weight is 787 g/mol. The molecule has 0 saturated carbocycles. The van der Waals surface area contributed by atoms with E-state index in [0.29, 0.717) is 41.7 Å². The SMILES string of the molecule is CC1(C)c2ccccc2-c2cc(N3C4C=CCCC4C4CC(C5C=C6C7=C(CCC=C7)C(c7cc(C8=CCCCC8)cc(C8C=CC=CN8)c7)CC6CC5)C=CC43)ccc21. The van der Waals surface area contributed by atoms with Gasteiger partial charge in [-0.05, 0) is 193 Å². The second-order valence-corrected chi connectivity index (χ2v) is 20.4. The molecule has 0 bridgehead atoms. The highest BCUT2D eigenvalue weighted by molar-refractivity contribution is 5.83.